The second-order valence-corrected chi connectivity index (χ2v) is 5.89. The first-order valence-corrected chi connectivity index (χ1v) is 7.63. The molecule has 0 saturated heterocycles. The van der Waals surface area contributed by atoms with E-state index in [1.807, 2.05) is 13.8 Å². The Morgan fingerprint density at radius 3 is 2.48 bits per heavy atom. The number of nitrogens with zero attached hydrogens (tertiary/aromatic N) is 2. The Bertz CT molecular complexity index is 488. The van der Waals surface area contributed by atoms with Gasteiger partial charge < -0.3 is 14.4 Å². The van der Waals surface area contributed by atoms with Gasteiger partial charge in [0.05, 0.1) is 5.41 Å². The molecule has 118 valence electrons. The van der Waals surface area contributed by atoms with Crippen LogP contribution in [0.5, 0.6) is 0 Å². The van der Waals surface area contributed by atoms with Crippen molar-refractivity contribution in [2.45, 2.75) is 64.4 Å². The number of hydrogen-bond donors (Lipinski definition) is 1. The molecule has 1 aliphatic carbocycles. The van der Waals surface area contributed by atoms with E-state index < -0.39 is 17.0 Å². The number of hydrogen-bond acceptors (Lipinski definition) is 5. The third-order valence-corrected chi connectivity index (χ3v) is 4.97. The normalized spacial score (nSPS) is 18.0. The van der Waals surface area contributed by atoms with Crippen molar-refractivity contribution in [3.8, 4) is 0 Å². The maximum Gasteiger partial charge on any atom is 0.310 e. The predicted molar refractivity (Wildman–Crippen MR) is 75.8 cm³/mol. The average Bonchev–Trinajstić information content (AvgIpc) is 3.14. The summed E-state index contributed by atoms with van der Waals surface area (Å²) in [4.78, 5) is 16.0. The molecule has 1 aromatic rings. The average molecular weight is 296 g/mol. The molecule has 21 heavy (non-hydrogen) atoms. The molecule has 0 atom stereocenters. The number of carbonyl (C=O) groups is 1. The first-order valence-electron chi connectivity index (χ1n) is 7.63. The van der Waals surface area contributed by atoms with Gasteiger partial charge in [0.2, 0.25) is 11.7 Å². The minimum atomic E-state index is -0.834. The Kier molecular flexibility index (Phi) is 4.66. The molecule has 0 aliphatic heterocycles. The zero-order valence-corrected chi connectivity index (χ0v) is 13.0. The van der Waals surface area contributed by atoms with Gasteiger partial charge in [-0.3, -0.25) is 4.79 Å². The fraction of sp³-hybridized carbons (Fsp3) is 0.800. The summed E-state index contributed by atoms with van der Waals surface area (Å²) in [6.07, 6.45) is 5.27. The highest BCUT2D eigenvalue weighted by Gasteiger charge is 2.42. The van der Waals surface area contributed by atoms with Crippen LogP contribution >= 0.6 is 0 Å². The number of rotatable bonds is 7. The van der Waals surface area contributed by atoms with Gasteiger partial charge in [0.15, 0.2) is 0 Å². The number of carboxylic acid groups (broad SMARTS) is 1. The van der Waals surface area contributed by atoms with Gasteiger partial charge in [-0.2, -0.15) is 4.98 Å². The van der Waals surface area contributed by atoms with Crippen LogP contribution in [-0.2, 0) is 21.6 Å². The number of aliphatic carboxylic acids is 1. The SMILES string of the molecule is CCC(CC)(Cc1nc(C2(OC)CCCC2)no1)C(=O)O. The molecule has 0 unspecified atom stereocenters. The Labute approximate surface area is 124 Å². The van der Waals surface area contributed by atoms with E-state index in [0.29, 0.717) is 24.6 Å². The van der Waals surface area contributed by atoms with Crippen molar-refractivity contribution in [3.63, 3.8) is 0 Å². The van der Waals surface area contributed by atoms with Crippen molar-refractivity contribution in [2.24, 2.45) is 5.41 Å². The number of ether oxygens (including phenoxy) is 1. The highest BCUT2D eigenvalue weighted by molar-refractivity contribution is 5.74. The highest BCUT2D eigenvalue weighted by atomic mass is 16.5. The minimum absolute atomic E-state index is 0.266. The van der Waals surface area contributed by atoms with Gasteiger partial charge >= 0.3 is 5.97 Å². The molecule has 0 bridgehead atoms. The van der Waals surface area contributed by atoms with Crippen LogP contribution in [0.2, 0.25) is 0 Å². The number of aromatic nitrogens is 2. The minimum Gasteiger partial charge on any atom is -0.481 e. The van der Waals surface area contributed by atoms with Crippen molar-refractivity contribution >= 4 is 5.97 Å². The summed E-state index contributed by atoms with van der Waals surface area (Å²) in [6.45, 7) is 3.75. The summed E-state index contributed by atoms with van der Waals surface area (Å²) in [7, 11) is 1.67. The van der Waals surface area contributed by atoms with Crippen LogP contribution in [0.1, 0.15) is 64.1 Å². The monoisotopic (exact) mass is 296 g/mol. The summed E-state index contributed by atoms with van der Waals surface area (Å²) < 4.78 is 10.9. The van der Waals surface area contributed by atoms with Crippen LogP contribution in [-0.4, -0.2) is 28.3 Å². The smallest absolute Gasteiger partial charge is 0.310 e. The van der Waals surface area contributed by atoms with Gasteiger partial charge in [0.25, 0.3) is 0 Å². The first kappa shape index (κ1) is 15.9. The van der Waals surface area contributed by atoms with Gasteiger partial charge in [0, 0.05) is 13.5 Å². The molecule has 1 N–H and O–H groups in total. The van der Waals surface area contributed by atoms with E-state index in [1.54, 1.807) is 7.11 Å². The molecule has 6 nitrogen and oxygen atoms in total. The summed E-state index contributed by atoms with van der Waals surface area (Å²) in [5, 5.41) is 13.5. The fourth-order valence-corrected chi connectivity index (χ4v) is 3.14. The summed E-state index contributed by atoms with van der Waals surface area (Å²) in [5.74, 6) is 0.137. The van der Waals surface area contributed by atoms with Crippen LogP contribution in [0, 0.1) is 5.41 Å². The van der Waals surface area contributed by atoms with E-state index in [2.05, 4.69) is 10.1 Å². The molecule has 0 amide bonds. The van der Waals surface area contributed by atoms with E-state index in [1.165, 1.54) is 0 Å². The fourth-order valence-electron chi connectivity index (χ4n) is 3.14. The summed E-state index contributed by atoms with van der Waals surface area (Å²) >= 11 is 0. The lowest BCUT2D eigenvalue weighted by atomic mass is 9.79. The van der Waals surface area contributed by atoms with Crippen molar-refractivity contribution in [3.05, 3.63) is 11.7 Å². The molecule has 1 fully saturated rings. The summed E-state index contributed by atoms with van der Waals surface area (Å²) in [5.41, 5.74) is -1.29. The van der Waals surface area contributed by atoms with E-state index in [-0.39, 0.29) is 6.42 Å². The Morgan fingerprint density at radius 2 is 2.00 bits per heavy atom. The lowest BCUT2D eigenvalue weighted by molar-refractivity contribution is -0.149. The Hall–Kier alpha value is -1.43. The third-order valence-electron chi connectivity index (χ3n) is 4.97. The van der Waals surface area contributed by atoms with Crippen molar-refractivity contribution < 1.29 is 19.2 Å². The molecule has 1 aromatic heterocycles. The van der Waals surface area contributed by atoms with Crippen molar-refractivity contribution in [1.82, 2.24) is 10.1 Å². The summed E-state index contributed by atoms with van der Waals surface area (Å²) in [6, 6.07) is 0. The lowest BCUT2D eigenvalue weighted by Gasteiger charge is -2.24. The second kappa shape index (κ2) is 6.13. The van der Waals surface area contributed by atoms with Gasteiger partial charge in [-0.05, 0) is 38.5 Å². The Morgan fingerprint density at radius 1 is 1.38 bits per heavy atom. The largest absolute Gasteiger partial charge is 0.481 e. The molecule has 2 rings (SSSR count). The van der Waals surface area contributed by atoms with Crippen LogP contribution in [0.3, 0.4) is 0 Å². The van der Waals surface area contributed by atoms with Gasteiger partial charge in [0.1, 0.15) is 5.60 Å². The maximum absolute atomic E-state index is 11.6. The number of methoxy groups -OCH3 is 1. The van der Waals surface area contributed by atoms with Crippen LogP contribution < -0.4 is 0 Å². The molecule has 0 spiro atoms. The van der Waals surface area contributed by atoms with E-state index >= 15 is 0 Å². The highest BCUT2D eigenvalue weighted by Crippen LogP contribution is 2.40. The second-order valence-electron chi connectivity index (χ2n) is 5.89. The Balaban J connectivity index is 2.22. The molecule has 1 heterocycles. The topological polar surface area (TPSA) is 85.5 Å². The molecule has 1 aliphatic rings. The van der Waals surface area contributed by atoms with Gasteiger partial charge in [-0.25, -0.2) is 0 Å². The van der Waals surface area contributed by atoms with E-state index in [9.17, 15) is 9.90 Å². The first-order chi connectivity index (χ1) is 10.0. The predicted octanol–water partition coefficient (Wildman–Crippen LogP) is 2.92. The quantitative estimate of drug-likeness (QED) is 0.832. The van der Waals surface area contributed by atoms with Crippen LogP contribution in [0.15, 0.2) is 4.52 Å². The molecule has 0 radical (unpaired) electrons. The van der Waals surface area contributed by atoms with Gasteiger partial charge in [-0.15, -0.1) is 0 Å². The lowest BCUT2D eigenvalue weighted by Crippen LogP contribution is -2.32. The van der Waals surface area contributed by atoms with Crippen LogP contribution in [0.25, 0.3) is 0 Å². The van der Waals surface area contributed by atoms with E-state index in [0.717, 1.165) is 25.7 Å². The molecule has 6 heteroatoms. The maximum atomic E-state index is 11.6. The zero-order chi connectivity index (χ0) is 15.5. The van der Waals surface area contributed by atoms with Crippen molar-refractivity contribution in [2.75, 3.05) is 7.11 Å². The van der Waals surface area contributed by atoms with E-state index in [4.69, 9.17) is 9.26 Å². The third kappa shape index (κ3) is 2.81. The molecule has 1 saturated carbocycles. The molecule has 0 aromatic carbocycles. The van der Waals surface area contributed by atoms with Crippen molar-refractivity contribution in [1.29, 1.82) is 0 Å². The van der Waals surface area contributed by atoms with Crippen LogP contribution in [0.4, 0.5) is 0 Å². The zero-order valence-electron chi connectivity index (χ0n) is 13.0. The molecular formula is C15H24N2O4. The number of carboxylic acids is 1. The van der Waals surface area contributed by atoms with Gasteiger partial charge in [-0.1, -0.05) is 19.0 Å². The molecular weight excluding hydrogens is 272 g/mol. The standard InChI is InChI=1S/C15H24N2O4/c1-4-14(5-2,13(18)19)10-11-16-12(17-21-11)15(20-3)8-6-7-9-15/h4-10H2,1-3H3,(H,18,19).